The first-order valence-corrected chi connectivity index (χ1v) is 10.2. The number of para-hydroxylation sites is 1. The Morgan fingerprint density at radius 3 is 2.44 bits per heavy atom. The van der Waals surface area contributed by atoms with E-state index in [-0.39, 0.29) is 24.2 Å². The number of amides is 2. The van der Waals surface area contributed by atoms with Crippen molar-refractivity contribution in [3.05, 3.63) is 57.6 Å². The highest BCUT2D eigenvalue weighted by Gasteiger charge is 2.36. The molecule has 0 aromatic heterocycles. The molecule has 1 atom stereocenters. The van der Waals surface area contributed by atoms with E-state index in [9.17, 15) is 9.59 Å². The molecule has 1 saturated heterocycles. The van der Waals surface area contributed by atoms with Gasteiger partial charge in [0.2, 0.25) is 11.8 Å². The summed E-state index contributed by atoms with van der Waals surface area (Å²) in [6, 6.07) is 11.9. The van der Waals surface area contributed by atoms with E-state index in [1.54, 1.807) is 0 Å². The predicted octanol–water partition coefficient (Wildman–Crippen LogP) is 4.87. The minimum absolute atomic E-state index is 0.0257. The lowest BCUT2D eigenvalue weighted by molar-refractivity contribution is -0.122. The highest BCUT2D eigenvalue weighted by atomic mass is 79.9. The zero-order valence-corrected chi connectivity index (χ0v) is 17.6. The van der Waals surface area contributed by atoms with Crippen LogP contribution in [0.3, 0.4) is 0 Å². The minimum atomic E-state index is -0.337. The van der Waals surface area contributed by atoms with Crippen LogP contribution in [-0.4, -0.2) is 18.4 Å². The van der Waals surface area contributed by atoms with Crippen LogP contribution in [0.25, 0.3) is 0 Å². The van der Waals surface area contributed by atoms with E-state index in [1.807, 2.05) is 36.1 Å². The Morgan fingerprint density at radius 1 is 1.19 bits per heavy atom. The van der Waals surface area contributed by atoms with Crippen molar-refractivity contribution in [1.29, 1.82) is 0 Å². The number of carbonyl (C=O) groups is 2. The Morgan fingerprint density at radius 2 is 1.85 bits per heavy atom. The number of nitrogens with one attached hydrogen (secondary N) is 1. The maximum absolute atomic E-state index is 12.7. The summed E-state index contributed by atoms with van der Waals surface area (Å²) < 4.78 is 1.01. The number of halogens is 1. The summed E-state index contributed by atoms with van der Waals surface area (Å²) in [5, 5.41) is 2.96. The molecule has 0 bridgehead atoms. The molecule has 1 aliphatic heterocycles. The Labute approximate surface area is 169 Å². The monoisotopic (exact) mass is 428 g/mol. The van der Waals surface area contributed by atoms with Crippen molar-refractivity contribution in [2.45, 2.75) is 40.0 Å². The quantitative estimate of drug-likeness (QED) is 0.737. The van der Waals surface area contributed by atoms with Gasteiger partial charge in [-0.25, -0.2) is 0 Å². The zero-order valence-electron chi connectivity index (χ0n) is 16.0. The minimum Gasteiger partial charge on any atom is -0.326 e. The molecule has 0 saturated carbocycles. The fourth-order valence-electron chi connectivity index (χ4n) is 3.63. The van der Waals surface area contributed by atoms with Crippen LogP contribution in [-0.2, 0) is 22.4 Å². The second-order valence-corrected chi connectivity index (χ2v) is 7.84. The van der Waals surface area contributed by atoms with Crippen LogP contribution in [0.15, 0.2) is 40.9 Å². The van der Waals surface area contributed by atoms with Crippen molar-refractivity contribution in [1.82, 2.24) is 0 Å². The van der Waals surface area contributed by atoms with E-state index in [0.717, 1.165) is 45.4 Å². The number of hydrogen-bond donors (Lipinski definition) is 1. The van der Waals surface area contributed by atoms with Crippen LogP contribution in [0.4, 0.5) is 11.4 Å². The summed E-state index contributed by atoms with van der Waals surface area (Å²) in [4.78, 5) is 27.3. The fraction of sp³-hybridized carbons (Fsp3) is 0.364. The topological polar surface area (TPSA) is 49.4 Å². The first kappa shape index (κ1) is 19.6. The van der Waals surface area contributed by atoms with Crippen molar-refractivity contribution < 1.29 is 9.59 Å². The second-order valence-electron chi connectivity index (χ2n) is 6.99. The van der Waals surface area contributed by atoms with E-state index in [2.05, 4.69) is 47.2 Å². The normalized spacial score (nSPS) is 16.7. The molecule has 1 aliphatic rings. The zero-order chi connectivity index (χ0) is 19.6. The number of anilines is 2. The SMILES string of the molecule is CCc1cccc(CC)c1N1C[C@@H](C(=O)Nc2ccc(Br)c(C)c2)CC1=O. The molecule has 0 aliphatic carbocycles. The first-order chi connectivity index (χ1) is 12.9. The maximum atomic E-state index is 12.7. The van der Waals surface area contributed by atoms with E-state index >= 15 is 0 Å². The highest BCUT2D eigenvalue weighted by molar-refractivity contribution is 9.10. The van der Waals surface area contributed by atoms with Crippen LogP contribution in [0.5, 0.6) is 0 Å². The summed E-state index contributed by atoms with van der Waals surface area (Å²) in [6.07, 6.45) is 1.98. The van der Waals surface area contributed by atoms with E-state index in [4.69, 9.17) is 0 Å². The predicted molar refractivity (Wildman–Crippen MR) is 113 cm³/mol. The molecule has 0 spiro atoms. The van der Waals surface area contributed by atoms with Gasteiger partial charge in [0.05, 0.1) is 5.92 Å². The third-order valence-electron chi connectivity index (χ3n) is 5.16. The van der Waals surface area contributed by atoms with Gasteiger partial charge in [-0.3, -0.25) is 9.59 Å². The molecular weight excluding hydrogens is 404 g/mol. The van der Waals surface area contributed by atoms with E-state index < -0.39 is 0 Å². The van der Waals surface area contributed by atoms with Crippen LogP contribution < -0.4 is 10.2 Å². The third kappa shape index (κ3) is 4.08. The fourth-order valence-corrected chi connectivity index (χ4v) is 3.87. The molecule has 142 valence electrons. The standard InChI is InChI=1S/C22H25BrN2O2/c1-4-15-7-6-8-16(5-2)21(15)25-13-17(12-20(25)26)22(27)24-18-9-10-19(23)14(3)11-18/h6-11,17H,4-5,12-13H2,1-3H3,(H,24,27)/t17-/m0/s1. The molecule has 2 amide bonds. The summed E-state index contributed by atoms with van der Waals surface area (Å²) in [5.74, 6) is -0.409. The van der Waals surface area contributed by atoms with Gasteiger partial charge in [0.15, 0.2) is 0 Å². The first-order valence-electron chi connectivity index (χ1n) is 9.42. The number of nitrogens with zero attached hydrogens (tertiary/aromatic N) is 1. The van der Waals surface area contributed by atoms with Crippen molar-refractivity contribution in [2.75, 3.05) is 16.8 Å². The van der Waals surface area contributed by atoms with Crippen LogP contribution in [0.1, 0.15) is 37.0 Å². The Bertz CT molecular complexity index is 856. The lowest BCUT2D eigenvalue weighted by Gasteiger charge is -2.23. The van der Waals surface area contributed by atoms with Gasteiger partial charge in [-0.1, -0.05) is 48.0 Å². The number of carbonyl (C=O) groups excluding carboxylic acids is 2. The van der Waals surface area contributed by atoms with Crippen LogP contribution >= 0.6 is 15.9 Å². The highest BCUT2D eigenvalue weighted by Crippen LogP contribution is 2.33. The van der Waals surface area contributed by atoms with Gasteiger partial charge in [0.25, 0.3) is 0 Å². The molecule has 2 aromatic rings. The average molecular weight is 429 g/mol. The number of aryl methyl sites for hydroxylation is 3. The molecule has 1 N–H and O–H groups in total. The van der Waals surface area contributed by atoms with Gasteiger partial charge < -0.3 is 10.2 Å². The molecule has 0 unspecified atom stereocenters. The van der Waals surface area contributed by atoms with E-state index in [1.165, 1.54) is 0 Å². The molecule has 3 rings (SSSR count). The summed E-state index contributed by atoms with van der Waals surface area (Å²) in [7, 11) is 0. The molecule has 5 heteroatoms. The molecular formula is C22H25BrN2O2. The van der Waals surface area contributed by atoms with Crippen LogP contribution in [0, 0.1) is 12.8 Å². The van der Waals surface area contributed by atoms with E-state index in [0.29, 0.717) is 6.54 Å². The number of benzene rings is 2. The largest absolute Gasteiger partial charge is 0.326 e. The molecule has 4 nitrogen and oxygen atoms in total. The third-order valence-corrected chi connectivity index (χ3v) is 6.05. The molecule has 0 radical (unpaired) electrons. The van der Waals surface area contributed by atoms with Crippen LogP contribution in [0.2, 0.25) is 0 Å². The maximum Gasteiger partial charge on any atom is 0.229 e. The summed E-state index contributed by atoms with van der Waals surface area (Å²) >= 11 is 3.47. The van der Waals surface area contributed by atoms with Gasteiger partial charge >= 0.3 is 0 Å². The van der Waals surface area contributed by atoms with Gasteiger partial charge in [-0.15, -0.1) is 0 Å². The second kappa shape index (κ2) is 8.26. The number of hydrogen-bond acceptors (Lipinski definition) is 2. The van der Waals surface area contributed by atoms with Crippen molar-refractivity contribution in [3.8, 4) is 0 Å². The average Bonchev–Trinajstić information content (AvgIpc) is 3.05. The number of rotatable bonds is 5. The molecule has 2 aromatic carbocycles. The smallest absolute Gasteiger partial charge is 0.229 e. The summed E-state index contributed by atoms with van der Waals surface area (Å²) in [6.45, 7) is 6.61. The molecule has 27 heavy (non-hydrogen) atoms. The van der Waals surface area contributed by atoms with Gasteiger partial charge in [0.1, 0.15) is 0 Å². The van der Waals surface area contributed by atoms with Crippen molar-refractivity contribution in [3.63, 3.8) is 0 Å². The lowest BCUT2D eigenvalue weighted by atomic mass is 10.0. The Hall–Kier alpha value is -2.14. The lowest BCUT2D eigenvalue weighted by Crippen LogP contribution is -2.29. The van der Waals surface area contributed by atoms with Gasteiger partial charge in [0, 0.05) is 28.8 Å². The van der Waals surface area contributed by atoms with Crippen molar-refractivity contribution >= 4 is 39.1 Å². The Kier molecular flexibility index (Phi) is 6.00. The summed E-state index contributed by atoms with van der Waals surface area (Å²) in [5.41, 5.74) is 5.14. The van der Waals surface area contributed by atoms with Gasteiger partial charge in [-0.05, 0) is 54.7 Å². The molecule has 1 fully saturated rings. The van der Waals surface area contributed by atoms with Crippen molar-refractivity contribution in [2.24, 2.45) is 5.92 Å². The van der Waals surface area contributed by atoms with Gasteiger partial charge in [-0.2, -0.15) is 0 Å². The molecule has 1 heterocycles. The Balaban J connectivity index is 1.79.